The first-order chi connectivity index (χ1) is 13.6. The lowest BCUT2D eigenvalue weighted by Gasteiger charge is -2.06. The van der Waals surface area contributed by atoms with Crippen LogP contribution in [0.15, 0.2) is 59.2 Å². The molecule has 0 amide bonds. The van der Waals surface area contributed by atoms with Gasteiger partial charge in [0.05, 0.1) is 17.5 Å². The minimum Gasteiger partial charge on any atom is -0.507 e. The van der Waals surface area contributed by atoms with Crippen molar-refractivity contribution in [1.29, 1.82) is 5.26 Å². The van der Waals surface area contributed by atoms with Crippen molar-refractivity contribution >= 4 is 45.9 Å². The number of halogens is 1. The third-order valence-electron chi connectivity index (χ3n) is 3.78. The average molecular weight is 414 g/mol. The molecule has 0 spiro atoms. The molecule has 2 aromatic carbocycles. The molecular formula is C20H16ClN3O3S. The number of imidazole rings is 1. The van der Waals surface area contributed by atoms with E-state index in [1.165, 1.54) is 11.8 Å². The van der Waals surface area contributed by atoms with Gasteiger partial charge in [-0.3, -0.25) is 4.79 Å². The van der Waals surface area contributed by atoms with Crippen molar-refractivity contribution in [3.8, 4) is 6.07 Å². The number of carbonyl (C=O) groups excluding carboxylic acids is 1. The van der Waals surface area contributed by atoms with Gasteiger partial charge in [0, 0.05) is 15.7 Å². The monoisotopic (exact) mass is 413 g/mol. The van der Waals surface area contributed by atoms with Gasteiger partial charge in [-0.25, -0.2) is 4.98 Å². The molecule has 2 N–H and O–H groups in total. The number of fused-ring (bicyclic) bond motifs is 1. The zero-order valence-electron chi connectivity index (χ0n) is 14.7. The third-order valence-corrected chi connectivity index (χ3v) is 5.05. The molecule has 6 nitrogen and oxygen atoms in total. The number of aliphatic hydroxyl groups is 1. The van der Waals surface area contributed by atoms with Gasteiger partial charge in [0.15, 0.2) is 11.6 Å². The molecule has 142 valence electrons. The molecule has 0 atom stereocenters. The molecule has 0 aliphatic carbocycles. The van der Waals surface area contributed by atoms with Crippen molar-refractivity contribution in [2.24, 2.45) is 0 Å². The number of benzene rings is 2. The molecule has 0 saturated carbocycles. The molecule has 3 aromatic rings. The number of esters is 1. The Labute approximate surface area is 170 Å². The normalized spacial score (nSPS) is 11.7. The summed E-state index contributed by atoms with van der Waals surface area (Å²) in [6.07, 6.45) is 0.174. The SMILES string of the molecule is N#C/C(=C(/O)COC(=O)CCSc1ccc(Cl)cc1)c1nc2ccccc2[nH]1. The summed E-state index contributed by atoms with van der Waals surface area (Å²) in [4.78, 5) is 20.1. The Morgan fingerprint density at radius 1 is 1.25 bits per heavy atom. The number of nitrogens with one attached hydrogen (secondary N) is 1. The molecule has 0 aliphatic rings. The first kappa shape index (κ1) is 19.8. The maximum Gasteiger partial charge on any atom is 0.307 e. The Bertz CT molecular complexity index is 1020. The van der Waals surface area contributed by atoms with Crippen LogP contribution in [0, 0.1) is 11.3 Å². The minimum atomic E-state index is -0.463. The van der Waals surface area contributed by atoms with Gasteiger partial charge in [-0.2, -0.15) is 5.26 Å². The van der Waals surface area contributed by atoms with Crippen LogP contribution in [0.1, 0.15) is 12.2 Å². The van der Waals surface area contributed by atoms with E-state index < -0.39 is 5.97 Å². The number of rotatable bonds is 7. The lowest BCUT2D eigenvalue weighted by molar-refractivity contribution is -0.142. The average Bonchev–Trinajstić information content (AvgIpc) is 3.12. The molecule has 28 heavy (non-hydrogen) atoms. The van der Waals surface area contributed by atoms with E-state index in [2.05, 4.69) is 9.97 Å². The van der Waals surface area contributed by atoms with Crippen molar-refractivity contribution in [2.45, 2.75) is 11.3 Å². The van der Waals surface area contributed by atoms with Crippen molar-refractivity contribution in [3.05, 3.63) is 65.1 Å². The molecule has 0 fully saturated rings. The number of para-hydroxylation sites is 2. The largest absolute Gasteiger partial charge is 0.507 e. The summed E-state index contributed by atoms with van der Waals surface area (Å²) < 4.78 is 5.07. The molecule has 8 heteroatoms. The molecule has 0 bridgehead atoms. The van der Waals surface area contributed by atoms with Crippen LogP contribution in [0.3, 0.4) is 0 Å². The molecule has 0 unspecified atom stereocenters. The second kappa shape index (κ2) is 9.31. The van der Waals surface area contributed by atoms with Gasteiger partial charge >= 0.3 is 5.97 Å². The maximum atomic E-state index is 11.9. The Morgan fingerprint density at radius 3 is 2.71 bits per heavy atom. The van der Waals surface area contributed by atoms with Crippen LogP contribution in [0.25, 0.3) is 16.6 Å². The number of thioether (sulfide) groups is 1. The predicted octanol–water partition coefficient (Wildman–Crippen LogP) is 4.73. The zero-order valence-corrected chi connectivity index (χ0v) is 16.3. The number of carbonyl (C=O) groups is 1. The van der Waals surface area contributed by atoms with Crippen LogP contribution in [0.2, 0.25) is 5.02 Å². The summed E-state index contributed by atoms with van der Waals surface area (Å²) in [6.45, 7) is -0.385. The molecule has 3 rings (SSSR count). The van der Waals surface area contributed by atoms with Gasteiger partial charge in [0.25, 0.3) is 0 Å². The van der Waals surface area contributed by atoms with Gasteiger partial charge < -0.3 is 14.8 Å². The van der Waals surface area contributed by atoms with Gasteiger partial charge in [-0.05, 0) is 36.4 Å². The van der Waals surface area contributed by atoms with Crippen molar-refractivity contribution in [1.82, 2.24) is 9.97 Å². The van der Waals surface area contributed by atoms with Crippen molar-refractivity contribution < 1.29 is 14.6 Å². The second-order valence-corrected chi connectivity index (χ2v) is 7.35. The lowest BCUT2D eigenvalue weighted by atomic mass is 10.2. The molecular weight excluding hydrogens is 398 g/mol. The highest BCUT2D eigenvalue weighted by Crippen LogP contribution is 2.21. The van der Waals surface area contributed by atoms with E-state index in [9.17, 15) is 15.2 Å². The number of nitriles is 1. The Balaban J connectivity index is 1.55. The Kier molecular flexibility index (Phi) is 6.58. The number of aromatic nitrogens is 2. The number of aromatic amines is 1. The molecule has 1 heterocycles. The standard InChI is InChI=1S/C20H16ClN3O3S/c21-13-5-7-14(8-6-13)28-10-9-19(26)27-12-18(25)15(11-22)20-23-16-3-1-2-4-17(16)24-20/h1-8,25H,9-10,12H2,(H,23,24)/b18-15-. The number of H-pyrrole nitrogens is 1. The number of aliphatic hydroxyl groups excluding tert-OH is 1. The van der Waals surface area contributed by atoms with Crippen LogP contribution in [0.5, 0.6) is 0 Å². The zero-order chi connectivity index (χ0) is 19.9. The number of hydrogen-bond acceptors (Lipinski definition) is 6. The van der Waals surface area contributed by atoms with Crippen LogP contribution in [-0.2, 0) is 9.53 Å². The Hall–Kier alpha value is -2.95. The van der Waals surface area contributed by atoms with Crippen molar-refractivity contribution in [3.63, 3.8) is 0 Å². The van der Waals surface area contributed by atoms with Crippen LogP contribution in [-0.4, -0.2) is 33.4 Å². The topological polar surface area (TPSA) is 99.0 Å². The fraction of sp³-hybridized carbons (Fsp3) is 0.150. The molecule has 0 radical (unpaired) electrons. The number of hydrogen-bond donors (Lipinski definition) is 2. The van der Waals surface area contributed by atoms with E-state index in [0.717, 1.165) is 10.4 Å². The van der Waals surface area contributed by atoms with E-state index in [1.54, 1.807) is 18.2 Å². The highest BCUT2D eigenvalue weighted by atomic mass is 35.5. The second-order valence-electron chi connectivity index (χ2n) is 5.75. The summed E-state index contributed by atoms with van der Waals surface area (Å²) in [6, 6.07) is 16.5. The predicted molar refractivity (Wildman–Crippen MR) is 109 cm³/mol. The number of allylic oxidation sites excluding steroid dienone is 1. The first-order valence-corrected chi connectivity index (χ1v) is 9.74. The van der Waals surface area contributed by atoms with E-state index in [4.69, 9.17) is 16.3 Å². The van der Waals surface area contributed by atoms with E-state index >= 15 is 0 Å². The molecule has 0 aliphatic heterocycles. The summed E-state index contributed by atoms with van der Waals surface area (Å²) in [7, 11) is 0. The highest BCUT2D eigenvalue weighted by Gasteiger charge is 2.15. The van der Waals surface area contributed by atoms with Gasteiger partial charge in [0.2, 0.25) is 0 Å². The fourth-order valence-electron chi connectivity index (χ4n) is 2.40. The molecule has 1 aromatic heterocycles. The van der Waals surface area contributed by atoms with Gasteiger partial charge in [0.1, 0.15) is 18.2 Å². The maximum absolute atomic E-state index is 11.9. The highest BCUT2D eigenvalue weighted by molar-refractivity contribution is 7.99. The Morgan fingerprint density at radius 2 is 2.00 bits per heavy atom. The van der Waals surface area contributed by atoms with Gasteiger partial charge in [-0.15, -0.1) is 11.8 Å². The summed E-state index contributed by atoms with van der Waals surface area (Å²) in [5.74, 6) is -0.0506. The van der Waals surface area contributed by atoms with E-state index in [-0.39, 0.29) is 30.2 Å². The first-order valence-electron chi connectivity index (χ1n) is 8.38. The van der Waals surface area contributed by atoms with Crippen LogP contribution < -0.4 is 0 Å². The van der Waals surface area contributed by atoms with Crippen LogP contribution >= 0.6 is 23.4 Å². The number of nitrogens with zero attached hydrogens (tertiary/aromatic N) is 2. The minimum absolute atomic E-state index is 0.0560. The summed E-state index contributed by atoms with van der Waals surface area (Å²) in [5.41, 5.74) is 1.36. The summed E-state index contributed by atoms with van der Waals surface area (Å²) in [5, 5.41) is 20.2. The third kappa shape index (κ3) is 5.06. The summed E-state index contributed by atoms with van der Waals surface area (Å²) >= 11 is 7.33. The van der Waals surface area contributed by atoms with Gasteiger partial charge in [-0.1, -0.05) is 23.7 Å². The quantitative estimate of drug-likeness (QED) is 0.251. The van der Waals surface area contributed by atoms with E-state index in [1.807, 2.05) is 36.4 Å². The van der Waals surface area contributed by atoms with Crippen LogP contribution in [0.4, 0.5) is 0 Å². The lowest BCUT2D eigenvalue weighted by Crippen LogP contribution is -2.09. The van der Waals surface area contributed by atoms with E-state index in [0.29, 0.717) is 16.3 Å². The number of ether oxygens (including phenoxy) is 1. The van der Waals surface area contributed by atoms with Crippen molar-refractivity contribution in [2.75, 3.05) is 12.4 Å². The fourth-order valence-corrected chi connectivity index (χ4v) is 3.36. The smallest absolute Gasteiger partial charge is 0.307 e. The molecule has 0 saturated heterocycles.